The lowest BCUT2D eigenvalue weighted by Gasteiger charge is -2.21. The molecule has 0 unspecified atom stereocenters. The molecule has 2 atom stereocenters. The van der Waals surface area contributed by atoms with Crippen LogP contribution in [0.15, 0.2) is 40.1 Å². The van der Waals surface area contributed by atoms with Crippen molar-refractivity contribution in [2.24, 2.45) is 20.0 Å². The van der Waals surface area contributed by atoms with Crippen LogP contribution in [0.1, 0.15) is 18.4 Å². The van der Waals surface area contributed by atoms with E-state index in [0.717, 1.165) is 45.8 Å². The van der Waals surface area contributed by atoms with Crippen LogP contribution >= 0.6 is 27.7 Å². The third-order valence-corrected chi connectivity index (χ3v) is 7.79. The van der Waals surface area contributed by atoms with Gasteiger partial charge in [-0.1, -0.05) is 45.0 Å². The zero-order valence-electron chi connectivity index (χ0n) is 18.1. The first kappa shape index (κ1) is 22.9. The van der Waals surface area contributed by atoms with E-state index in [0.29, 0.717) is 5.41 Å². The zero-order chi connectivity index (χ0) is 22.7. The van der Waals surface area contributed by atoms with E-state index in [9.17, 15) is 0 Å². The molecule has 1 aliphatic carbocycles. The molecule has 32 heavy (non-hydrogen) atoms. The van der Waals surface area contributed by atoms with Gasteiger partial charge in [-0.05, 0) is 43.0 Å². The number of carbonyl (C=O) groups is 1. The molecule has 9 nitrogen and oxygen atoms in total. The van der Waals surface area contributed by atoms with Crippen LogP contribution in [0, 0.1) is 5.92 Å². The number of likely N-dealkylation sites (tertiary alicyclic amines) is 1. The average Bonchev–Trinajstić information content (AvgIpc) is 3.08. The Labute approximate surface area is 199 Å². The molecule has 0 bridgehead atoms. The van der Waals surface area contributed by atoms with Gasteiger partial charge in [0.2, 0.25) is 0 Å². The van der Waals surface area contributed by atoms with Gasteiger partial charge in [-0.15, -0.1) is 15.3 Å². The van der Waals surface area contributed by atoms with Crippen molar-refractivity contribution in [2.45, 2.75) is 23.4 Å². The number of carboxylic acid groups (broad SMARTS) is 1. The molecule has 1 saturated heterocycles. The van der Waals surface area contributed by atoms with Crippen molar-refractivity contribution in [3.63, 3.8) is 0 Å². The molecular weight excluding hydrogens is 494 g/mol. The highest BCUT2D eigenvalue weighted by atomic mass is 79.9. The Hall–Kier alpha value is -2.24. The minimum absolute atomic E-state index is 0.250. The van der Waals surface area contributed by atoms with Crippen LogP contribution in [-0.2, 0) is 24.3 Å². The number of fused-ring (bicyclic) bond motifs is 1. The summed E-state index contributed by atoms with van der Waals surface area (Å²) >= 11 is 5.31. The monoisotopic (exact) mass is 519 g/mol. The quantitative estimate of drug-likeness (QED) is 0.288. The van der Waals surface area contributed by atoms with Gasteiger partial charge in [-0.25, -0.2) is 0 Å². The van der Waals surface area contributed by atoms with Gasteiger partial charge >= 0.3 is 0 Å². The molecule has 0 radical (unpaired) electrons. The first-order chi connectivity index (χ1) is 15.5. The third kappa shape index (κ3) is 4.74. The van der Waals surface area contributed by atoms with E-state index in [4.69, 9.17) is 9.90 Å². The minimum atomic E-state index is -0.250. The summed E-state index contributed by atoms with van der Waals surface area (Å²) in [4.78, 5) is 11.0. The number of halogens is 1. The van der Waals surface area contributed by atoms with Crippen molar-refractivity contribution in [1.29, 1.82) is 0 Å². The molecule has 2 fully saturated rings. The zero-order valence-corrected chi connectivity index (χ0v) is 20.5. The smallest absolute Gasteiger partial charge is 0.290 e. The number of hydrogen-bond acceptors (Lipinski definition) is 7. The number of piperidine rings is 1. The molecule has 11 heteroatoms. The Morgan fingerprint density at radius 2 is 2.00 bits per heavy atom. The Kier molecular flexibility index (Phi) is 6.96. The van der Waals surface area contributed by atoms with Gasteiger partial charge < -0.3 is 14.6 Å². The topological polar surface area (TPSA) is 102 Å². The summed E-state index contributed by atoms with van der Waals surface area (Å²) in [5, 5.41) is 24.5. The molecule has 1 N–H and O–H groups in total. The molecule has 1 saturated carbocycles. The van der Waals surface area contributed by atoms with Gasteiger partial charge in [-0.3, -0.25) is 9.48 Å². The lowest BCUT2D eigenvalue weighted by molar-refractivity contribution is -0.122. The largest absolute Gasteiger partial charge is 0.483 e. The SMILES string of the molecule is Cn1cc(-c2nnc(SCCCN3C[C@@H]4C[C@]4(c4ccc(Br)cc4)C3)n2C)nn1.O=CO. The maximum Gasteiger partial charge on any atom is 0.290 e. The molecule has 3 heterocycles. The fraction of sp³-hybridized carbons (Fsp3) is 0.476. The lowest BCUT2D eigenvalue weighted by atomic mass is 9.95. The average molecular weight is 520 g/mol. The molecule has 1 aliphatic heterocycles. The number of rotatable bonds is 7. The van der Waals surface area contributed by atoms with E-state index in [2.05, 4.69) is 65.6 Å². The summed E-state index contributed by atoms with van der Waals surface area (Å²) in [7, 11) is 3.84. The number of aromatic nitrogens is 6. The standard InChI is InChI=1S/C20H24BrN7S.CH2O2/c1-26-12-17(22-25-26)18-23-24-19(27(18)2)29-9-3-8-28-11-15-10-20(15,13-28)14-4-6-16(21)7-5-14;2-1-3/h4-7,12,15H,3,8-11,13H2,1-2H3;1H,(H,2,3)/t15-,20+;/m0./s1. The molecule has 0 spiro atoms. The van der Waals surface area contributed by atoms with Gasteiger partial charge in [0.05, 0.1) is 6.20 Å². The van der Waals surface area contributed by atoms with Crippen molar-refractivity contribution in [3.05, 3.63) is 40.5 Å². The van der Waals surface area contributed by atoms with Crippen LogP contribution in [0.4, 0.5) is 0 Å². The number of benzene rings is 1. The minimum Gasteiger partial charge on any atom is -0.483 e. The molecular formula is C21H26BrN7O2S. The van der Waals surface area contributed by atoms with Crippen molar-refractivity contribution < 1.29 is 9.90 Å². The second-order valence-corrected chi connectivity index (χ2v) is 10.2. The van der Waals surface area contributed by atoms with E-state index in [1.54, 1.807) is 16.4 Å². The normalized spacial score (nSPS) is 21.7. The molecule has 2 aliphatic rings. The predicted molar refractivity (Wildman–Crippen MR) is 125 cm³/mol. The molecule has 5 rings (SSSR count). The van der Waals surface area contributed by atoms with Crippen LogP contribution in [0.2, 0.25) is 0 Å². The Bertz CT molecular complexity index is 1070. The molecule has 170 valence electrons. The van der Waals surface area contributed by atoms with Crippen molar-refractivity contribution >= 4 is 34.2 Å². The van der Waals surface area contributed by atoms with Gasteiger partial charge in [0, 0.05) is 42.8 Å². The maximum atomic E-state index is 8.36. The second kappa shape index (κ2) is 9.72. The van der Waals surface area contributed by atoms with Crippen LogP contribution < -0.4 is 0 Å². The van der Waals surface area contributed by atoms with E-state index >= 15 is 0 Å². The fourth-order valence-corrected chi connectivity index (χ4v) is 5.65. The Balaban J connectivity index is 0.000000775. The van der Waals surface area contributed by atoms with Crippen LogP contribution in [0.3, 0.4) is 0 Å². The summed E-state index contributed by atoms with van der Waals surface area (Å²) in [6.45, 7) is 3.34. The summed E-state index contributed by atoms with van der Waals surface area (Å²) in [5.74, 6) is 2.64. The molecule has 0 amide bonds. The van der Waals surface area contributed by atoms with Crippen molar-refractivity contribution in [2.75, 3.05) is 25.4 Å². The summed E-state index contributed by atoms with van der Waals surface area (Å²) < 4.78 is 4.84. The van der Waals surface area contributed by atoms with Gasteiger partial charge in [-0.2, -0.15) is 0 Å². The van der Waals surface area contributed by atoms with Crippen molar-refractivity contribution in [3.8, 4) is 11.5 Å². The summed E-state index contributed by atoms with van der Waals surface area (Å²) in [6.07, 6.45) is 4.36. The highest BCUT2D eigenvalue weighted by Crippen LogP contribution is 2.59. The van der Waals surface area contributed by atoms with Crippen molar-refractivity contribution in [1.82, 2.24) is 34.7 Å². The lowest BCUT2D eigenvalue weighted by Crippen LogP contribution is -2.27. The highest BCUT2D eigenvalue weighted by molar-refractivity contribution is 9.10. The van der Waals surface area contributed by atoms with E-state index in [-0.39, 0.29) is 6.47 Å². The van der Waals surface area contributed by atoms with Gasteiger partial charge in [0.25, 0.3) is 6.47 Å². The number of nitrogens with zero attached hydrogens (tertiary/aromatic N) is 7. The summed E-state index contributed by atoms with van der Waals surface area (Å²) in [6, 6.07) is 8.95. The Morgan fingerprint density at radius 3 is 2.69 bits per heavy atom. The van der Waals surface area contributed by atoms with E-state index in [1.807, 2.05) is 24.9 Å². The first-order valence-corrected chi connectivity index (χ1v) is 12.2. The van der Waals surface area contributed by atoms with Gasteiger partial charge in [0.1, 0.15) is 0 Å². The van der Waals surface area contributed by atoms with E-state index in [1.165, 1.54) is 25.1 Å². The summed E-state index contributed by atoms with van der Waals surface area (Å²) in [5.41, 5.74) is 2.69. The maximum absolute atomic E-state index is 8.36. The predicted octanol–water partition coefficient (Wildman–Crippen LogP) is 2.83. The van der Waals surface area contributed by atoms with Crippen LogP contribution in [0.5, 0.6) is 0 Å². The van der Waals surface area contributed by atoms with Crippen LogP contribution in [-0.4, -0.2) is 71.6 Å². The first-order valence-electron chi connectivity index (χ1n) is 10.4. The fourth-order valence-electron chi connectivity index (χ4n) is 4.55. The molecule has 3 aromatic rings. The number of aryl methyl sites for hydroxylation is 1. The highest BCUT2D eigenvalue weighted by Gasteiger charge is 2.60. The number of thioether (sulfide) groups is 1. The van der Waals surface area contributed by atoms with E-state index < -0.39 is 0 Å². The molecule has 2 aromatic heterocycles. The third-order valence-electron chi connectivity index (χ3n) is 6.15. The molecule has 1 aromatic carbocycles. The van der Waals surface area contributed by atoms with Crippen LogP contribution in [0.25, 0.3) is 11.5 Å². The van der Waals surface area contributed by atoms with Gasteiger partial charge in [0.15, 0.2) is 16.7 Å². The Morgan fingerprint density at radius 1 is 1.25 bits per heavy atom. The number of hydrogen-bond donors (Lipinski definition) is 1. The second-order valence-electron chi connectivity index (χ2n) is 8.25.